The molecule has 0 aromatic heterocycles. The Labute approximate surface area is 135 Å². The van der Waals surface area contributed by atoms with Gasteiger partial charge in [-0.1, -0.05) is 36.8 Å². The van der Waals surface area contributed by atoms with Gasteiger partial charge in [0, 0.05) is 13.0 Å². The van der Waals surface area contributed by atoms with Crippen LogP contribution in [0.5, 0.6) is 0 Å². The summed E-state index contributed by atoms with van der Waals surface area (Å²) in [5, 5.41) is 18.4. The molecule has 1 fully saturated rings. The summed E-state index contributed by atoms with van der Waals surface area (Å²) in [7, 11) is 0. The van der Waals surface area contributed by atoms with E-state index in [1.54, 1.807) is 4.90 Å². The van der Waals surface area contributed by atoms with Crippen LogP contribution in [0.25, 0.3) is 0 Å². The molecule has 1 saturated heterocycles. The van der Waals surface area contributed by atoms with E-state index in [-0.39, 0.29) is 13.0 Å². The molecule has 2 rings (SSSR count). The molecule has 2 atom stereocenters. The van der Waals surface area contributed by atoms with Crippen LogP contribution in [0.4, 0.5) is 0 Å². The van der Waals surface area contributed by atoms with E-state index in [1.165, 1.54) is 5.56 Å². The summed E-state index contributed by atoms with van der Waals surface area (Å²) in [5.74, 6) is -2.13. The Morgan fingerprint density at radius 3 is 2.48 bits per heavy atom. The van der Waals surface area contributed by atoms with Gasteiger partial charge in [-0.15, -0.1) is 0 Å². The molecule has 6 nitrogen and oxygen atoms in total. The number of aliphatic carboxylic acids is 2. The summed E-state index contributed by atoms with van der Waals surface area (Å²) in [6, 6.07) is 9.41. The second-order valence-electron chi connectivity index (χ2n) is 6.29. The molecular weight excluding hydrogens is 296 g/mol. The van der Waals surface area contributed by atoms with Crippen LogP contribution in [0.3, 0.4) is 0 Å². The van der Waals surface area contributed by atoms with Crippen molar-refractivity contribution in [1.82, 2.24) is 4.90 Å². The number of nitrogens with two attached hydrogens (primary N) is 1. The molecule has 1 aromatic rings. The van der Waals surface area contributed by atoms with Gasteiger partial charge in [-0.3, -0.25) is 14.5 Å². The number of hydrogen-bond acceptors (Lipinski definition) is 4. The third-order valence-electron chi connectivity index (χ3n) is 4.45. The van der Waals surface area contributed by atoms with E-state index in [2.05, 4.69) is 12.1 Å². The summed E-state index contributed by atoms with van der Waals surface area (Å²) in [6.45, 7) is 0.663. The number of carboxylic acid groups (broad SMARTS) is 2. The van der Waals surface area contributed by atoms with Crippen molar-refractivity contribution in [1.29, 1.82) is 0 Å². The molecule has 1 aromatic carbocycles. The van der Waals surface area contributed by atoms with E-state index in [1.807, 2.05) is 18.2 Å². The molecule has 23 heavy (non-hydrogen) atoms. The highest BCUT2D eigenvalue weighted by molar-refractivity contribution is 5.83. The number of carbonyl (C=O) groups is 2. The van der Waals surface area contributed by atoms with Crippen molar-refractivity contribution >= 4 is 11.9 Å². The quantitative estimate of drug-likeness (QED) is 0.625. The van der Waals surface area contributed by atoms with E-state index >= 15 is 0 Å². The van der Waals surface area contributed by atoms with Gasteiger partial charge >= 0.3 is 11.9 Å². The van der Waals surface area contributed by atoms with Crippen molar-refractivity contribution < 1.29 is 19.8 Å². The third kappa shape index (κ3) is 4.53. The van der Waals surface area contributed by atoms with Crippen LogP contribution in [0, 0.1) is 0 Å². The number of carboxylic acids is 2. The summed E-state index contributed by atoms with van der Waals surface area (Å²) < 4.78 is 0. The summed E-state index contributed by atoms with van der Waals surface area (Å²) in [5.41, 5.74) is 5.67. The lowest BCUT2D eigenvalue weighted by Crippen LogP contribution is -2.50. The highest BCUT2D eigenvalue weighted by atomic mass is 16.4. The average Bonchev–Trinajstić information content (AvgIpc) is 2.87. The van der Waals surface area contributed by atoms with Crippen LogP contribution in [-0.4, -0.2) is 51.7 Å². The molecule has 0 spiro atoms. The first-order valence-corrected chi connectivity index (χ1v) is 7.95. The lowest BCUT2D eigenvalue weighted by atomic mass is 9.98. The second-order valence-corrected chi connectivity index (χ2v) is 6.29. The fraction of sp³-hybridized carbons (Fsp3) is 0.529. The van der Waals surface area contributed by atoms with Crippen LogP contribution in [0.1, 0.15) is 31.2 Å². The number of aryl methyl sites for hydroxylation is 1. The van der Waals surface area contributed by atoms with Crippen molar-refractivity contribution in [2.45, 2.75) is 43.7 Å². The molecule has 0 amide bonds. The Morgan fingerprint density at radius 2 is 1.87 bits per heavy atom. The molecule has 6 heteroatoms. The van der Waals surface area contributed by atoms with Gasteiger partial charge in [0.15, 0.2) is 0 Å². The Kier molecular flexibility index (Phi) is 5.74. The molecule has 4 N–H and O–H groups in total. The zero-order valence-electron chi connectivity index (χ0n) is 13.1. The molecule has 0 bridgehead atoms. The van der Waals surface area contributed by atoms with Crippen LogP contribution >= 0.6 is 0 Å². The SMILES string of the molecule is NC1(C(=O)O)CC(C(=O)O)N(CCCCCc2ccccc2)C1. The first-order chi connectivity index (χ1) is 10.9. The van der Waals surface area contributed by atoms with Crippen LogP contribution in [0.2, 0.25) is 0 Å². The molecule has 0 aliphatic carbocycles. The van der Waals surface area contributed by atoms with Crippen LogP contribution < -0.4 is 5.73 Å². The first kappa shape index (κ1) is 17.4. The number of likely N-dealkylation sites (tertiary alicyclic amines) is 1. The zero-order chi connectivity index (χ0) is 16.9. The van der Waals surface area contributed by atoms with Crippen molar-refractivity contribution in [3.05, 3.63) is 35.9 Å². The fourth-order valence-electron chi connectivity index (χ4n) is 3.11. The van der Waals surface area contributed by atoms with Crippen LogP contribution in [-0.2, 0) is 16.0 Å². The molecular formula is C17H24N2O4. The number of unbranched alkanes of at least 4 members (excludes halogenated alkanes) is 2. The standard InChI is InChI=1S/C17H24N2O4/c18-17(16(22)23)11-14(15(20)21)19(12-17)10-6-2-5-9-13-7-3-1-4-8-13/h1,3-4,7-8,14H,2,5-6,9-12,18H2,(H,20,21)(H,22,23). The van der Waals surface area contributed by atoms with Gasteiger partial charge in [-0.05, 0) is 31.4 Å². The van der Waals surface area contributed by atoms with Gasteiger partial charge in [0.1, 0.15) is 11.6 Å². The molecule has 1 aliphatic heterocycles. The highest BCUT2D eigenvalue weighted by Crippen LogP contribution is 2.26. The fourth-order valence-corrected chi connectivity index (χ4v) is 3.11. The minimum Gasteiger partial charge on any atom is -0.480 e. The number of hydrogen-bond donors (Lipinski definition) is 3. The van der Waals surface area contributed by atoms with E-state index in [0.29, 0.717) is 6.54 Å². The predicted molar refractivity (Wildman–Crippen MR) is 86.2 cm³/mol. The maximum absolute atomic E-state index is 11.3. The topological polar surface area (TPSA) is 104 Å². The number of benzene rings is 1. The van der Waals surface area contributed by atoms with Gasteiger partial charge < -0.3 is 15.9 Å². The average molecular weight is 320 g/mol. The monoisotopic (exact) mass is 320 g/mol. The minimum absolute atomic E-state index is 0.0400. The Balaban J connectivity index is 1.77. The maximum Gasteiger partial charge on any atom is 0.325 e. The van der Waals surface area contributed by atoms with E-state index in [9.17, 15) is 19.8 Å². The normalized spacial score (nSPS) is 24.7. The summed E-state index contributed by atoms with van der Waals surface area (Å²) >= 11 is 0. The van der Waals surface area contributed by atoms with E-state index in [0.717, 1.165) is 25.7 Å². The lowest BCUT2D eigenvalue weighted by Gasteiger charge is -2.21. The van der Waals surface area contributed by atoms with Gasteiger partial charge in [-0.2, -0.15) is 0 Å². The van der Waals surface area contributed by atoms with Crippen molar-refractivity contribution in [3.8, 4) is 0 Å². The minimum atomic E-state index is -1.45. The summed E-state index contributed by atoms with van der Waals surface area (Å²) in [4.78, 5) is 24.2. The summed E-state index contributed by atoms with van der Waals surface area (Å²) in [6.07, 6.45) is 3.80. The number of nitrogens with zero attached hydrogens (tertiary/aromatic N) is 1. The Bertz CT molecular complexity index is 549. The highest BCUT2D eigenvalue weighted by Gasteiger charge is 2.49. The second kappa shape index (κ2) is 7.57. The lowest BCUT2D eigenvalue weighted by molar-refractivity contribution is -0.142. The first-order valence-electron chi connectivity index (χ1n) is 7.95. The molecule has 0 radical (unpaired) electrons. The zero-order valence-corrected chi connectivity index (χ0v) is 13.1. The van der Waals surface area contributed by atoms with E-state index in [4.69, 9.17) is 5.73 Å². The number of rotatable bonds is 8. The molecule has 1 heterocycles. The van der Waals surface area contributed by atoms with Gasteiger partial charge in [0.25, 0.3) is 0 Å². The smallest absolute Gasteiger partial charge is 0.325 e. The van der Waals surface area contributed by atoms with Crippen LogP contribution in [0.15, 0.2) is 30.3 Å². The van der Waals surface area contributed by atoms with Crippen molar-refractivity contribution in [2.75, 3.05) is 13.1 Å². The van der Waals surface area contributed by atoms with Crippen molar-refractivity contribution in [3.63, 3.8) is 0 Å². The van der Waals surface area contributed by atoms with E-state index < -0.39 is 23.5 Å². The molecule has 1 aliphatic rings. The molecule has 0 saturated carbocycles. The van der Waals surface area contributed by atoms with Gasteiger partial charge in [0.2, 0.25) is 0 Å². The maximum atomic E-state index is 11.3. The Morgan fingerprint density at radius 1 is 1.17 bits per heavy atom. The molecule has 2 unspecified atom stereocenters. The van der Waals surface area contributed by atoms with Gasteiger partial charge in [-0.25, -0.2) is 0 Å². The predicted octanol–water partition coefficient (Wildman–Crippen LogP) is 1.34. The van der Waals surface area contributed by atoms with Crippen molar-refractivity contribution in [2.24, 2.45) is 5.73 Å². The third-order valence-corrected chi connectivity index (χ3v) is 4.45. The Hall–Kier alpha value is -1.92. The van der Waals surface area contributed by atoms with Gasteiger partial charge in [0.05, 0.1) is 0 Å². The molecule has 126 valence electrons. The largest absolute Gasteiger partial charge is 0.480 e.